The molecule has 1 aliphatic rings. The first kappa shape index (κ1) is 29.2. The molecule has 0 spiro atoms. The normalized spacial score (nSPS) is 13.2. The Morgan fingerprint density at radius 1 is 0.327 bits per heavy atom. The van der Waals surface area contributed by atoms with Gasteiger partial charge in [-0.15, -0.1) is 0 Å². The number of fused-ring (bicyclic) bond motifs is 5. The highest BCUT2D eigenvalue weighted by molar-refractivity contribution is 5.90. The van der Waals surface area contributed by atoms with Crippen molar-refractivity contribution in [1.29, 1.82) is 0 Å². The average molecular weight is 625 g/mol. The van der Waals surface area contributed by atoms with Crippen LogP contribution in [0.25, 0.3) is 78.2 Å². The second-order valence-electron chi connectivity index (χ2n) is 13.9. The van der Waals surface area contributed by atoms with E-state index in [0.717, 1.165) is 0 Å². The van der Waals surface area contributed by atoms with Crippen molar-refractivity contribution < 1.29 is 0 Å². The van der Waals surface area contributed by atoms with Gasteiger partial charge in [-0.05, 0) is 119 Å². The van der Waals surface area contributed by atoms with Crippen LogP contribution in [0.4, 0.5) is 0 Å². The molecule has 8 aromatic rings. The zero-order chi connectivity index (χ0) is 33.0. The summed E-state index contributed by atoms with van der Waals surface area (Å²) >= 11 is 0. The summed E-state index contributed by atoms with van der Waals surface area (Å²) in [6, 6.07) is 62.4. The zero-order valence-corrected chi connectivity index (χ0v) is 27.8. The highest BCUT2D eigenvalue weighted by atomic mass is 14.4. The van der Waals surface area contributed by atoms with E-state index in [1.807, 2.05) is 0 Å². The van der Waals surface area contributed by atoms with E-state index in [1.165, 1.54) is 88.3 Å². The Balaban J connectivity index is 0.982. The first-order valence-corrected chi connectivity index (χ1v) is 17.2. The van der Waals surface area contributed by atoms with Gasteiger partial charge in [0.15, 0.2) is 0 Å². The van der Waals surface area contributed by atoms with Crippen LogP contribution in [0.2, 0.25) is 0 Å². The molecule has 0 nitrogen and oxygen atoms in total. The summed E-state index contributed by atoms with van der Waals surface area (Å²) in [7, 11) is 0. The van der Waals surface area contributed by atoms with Crippen LogP contribution in [0, 0.1) is 0 Å². The van der Waals surface area contributed by atoms with Crippen LogP contribution in [0.5, 0.6) is 0 Å². The third-order valence-electron chi connectivity index (χ3n) is 10.4. The van der Waals surface area contributed by atoms with E-state index >= 15 is 0 Å². The molecule has 0 radical (unpaired) electrons. The lowest BCUT2D eigenvalue weighted by Gasteiger charge is -2.22. The minimum absolute atomic E-state index is 0.102. The Labute approximate surface area is 288 Å². The van der Waals surface area contributed by atoms with Crippen LogP contribution < -0.4 is 0 Å². The van der Waals surface area contributed by atoms with Gasteiger partial charge in [0.05, 0.1) is 0 Å². The summed E-state index contributed by atoms with van der Waals surface area (Å²) in [6.45, 7) is 4.74. The molecule has 0 unspecified atom stereocenters. The van der Waals surface area contributed by atoms with E-state index in [2.05, 4.69) is 196 Å². The number of benzene rings is 8. The van der Waals surface area contributed by atoms with Crippen molar-refractivity contribution >= 4 is 33.7 Å². The largest absolute Gasteiger partial charge is 0.0616 e. The van der Waals surface area contributed by atoms with Crippen LogP contribution >= 0.6 is 0 Å². The summed E-state index contributed by atoms with van der Waals surface area (Å²) in [6.07, 6.45) is 4.40. The minimum Gasteiger partial charge on any atom is -0.0616 e. The maximum Gasteiger partial charge on any atom is 0.0159 e. The lowest BCUT2D eigenvalue weighted by atomic mass is 9.80. The predicted molar refractivity (Wildman–Crippen MR) is 211 cm³/mol. The standard InChI is InChI=1S/C49H36/c1-49(2)47-31-43(37-19-16-33(17-20-37)14-15-34-18-21-35-8-3-5-10-38(35)28-34)24-26-45(47)46-27-25-44(32-48(46)49)41-13-7-12-40(30-41)42-23-22-36-9-4-6-11-39(36)29-42/h3-32H,1-2H3/b15-14+. The van der Waals surface area contributed by atoms with Gasteiger partial charge in [-0.2, -0.15) is 0 Å². The van der Waals surface area contributed by atoms with Gasteiger partial charge in [-0.25, -0.2) is 0 Å². The van der Waals surface area contributed by atoms with Gasteiger partial charge >= 0.3 is 0 Å². The van der Waals surface area contributed by atoms with E-state index in [9.17, 15) is 0 Å². The minimum atomic E-state index is -0.102. The van der Waals surface area contributed by atoms with Gasteiger partial charge in [0, 0.05) is 5.41 Å². The van der Waals surface area contributed by atoms with E-state index < -0.39 is 0 Å². The fourth-order valence-corrected chi connectivity index (χ4v) is 7.63. The van der Waals surface area contributed by atoms with Crippen LogP contribution in [-0.2, 0) is 5.41 Å². The molecule has 9 rings (SSSR count). The Hall–Kier alpha value is -5.98. The third-order valence-corrected chi connectivity index (χ3v) is 10.4. The fourth-order valence-electron chi connectivity index (χ4n) is 7.63. The molecular weight excluding hydrogens is 589 g/mol. The summed E-state index contributed by atoms with van der Waals surface area (Å²) in [5.41, 5.74) is 15.3. The number of rotatable bonds is 5. The monoisotopic (exact) mass is 624 g/mol. The maximum absolute atomic E-state index is 2.42. The van der Waals surface area contributed by atoms with Crippen molar-refractivity contribution in [1.82, 2.24) is 0 Å². The molecule has 0 heteroatoms. The Morgan fingerprint density at radius 3 is 1.43 bits per heavy atom. The van der Waals surface area contributed by atoms with Gasteiger partial charge in [0.1, 0.15) is 0 Å². The molecule has 0 saturated heterocycles. The summed E-state index contributed by atoms with van der Waals surface area (Å²) < 4.78 is 0. The van der Waals surface area contributed by atoms with Crippen molar-refractivity contribution in [3.05, 3.63) is 192 Å². The van der Waals surface area contributed by atoms with Crippen LogP contribution in [0.3, 0.4) is 0 Å². The van der Waals surface area contributed by atoms with Crippen LogP contribution in [0.1, 0.15) is 36.1 Å². The van der Waals surface area contributed by atoms with Crippen LogP contribution in [0.15, 0.2) is 170 Å². The molecule has 0 saturated carbocycles. The lowest BCUT2D eigenvalue weighted by molar-refractivity contribution is 0.661. The second kappa shape index (κ2) is 11.6. The van der Waals surface area contributed by atoms with Gasteiger partial charge in [0.25, 0.3) is 0 Å². The summed E-state index contributed by atoms with van der Waals surface area (Å²) in [5.74, 6) is 0. The van der Waals surface area contributed by atoms with Gasteiger partial charge in [0.2, 0.25) is 0 Å². The summed E-state index contributed by atoms with van der Waals surface area (Å²) in [5, 5.41) is 5.08. The number of hydrogen-bond donors (Lipinski definition) is 0. The van der Waals surface area contributed by atoms with Gasteiger partial charge in [-0.3, -0.25) is 0 Å². The molecule has 0 atom stereocenters. The van der Waals surface area contributed by atoms with Crippen molar-refractivity contribution in [2.75, 3.05) is 0 Å². The molecule has 0 fully saturated rings. The number of hydrogen-bond acceptors (Lipinski definition) is 0. The van der Waals surface area contributed by atoms with Crippen molar-refractivity contribution in [2.24, 2.45) is 0 Å². The molecule has 0 heterocycles. The molecule has 0 bridgehead atoms. The van der Waals surface area contributed by atoms with E-state index in [4.69, 9.17) is 0 Å². The Morgan fingerprint density at radius 2 is 0.776 bits per heavy atom. The van der Waals surface area contributed by atoms with E-state index in [1.54, 1.807) is 0 Å². The molecule has 49 heavy (non-hydrogen) atoms. The first-order valence-electron chi connectivity index (χ1n) is 17.2. The molecule has 0 amide bonds. The van der Waals surface area contributed by atoms with Crippen molar-refractivity contribution in [3.63, 3.8) is 0 Å². The molecule has 0 N–H and O–H groups in total. The summed E-state index contributed by atoms with van der Waals surface area (Å²) in [4.78, 5) is 0. The molecular formula is C49H36. The second-order valence-corrected chi connectivity index (χ2v) is 13.9. The average Bonchev–Trinajstić information content (AvgIpc) is 3.38. The molecule has 0 aliphatic heterocycles. The Bertz CT molecular complexity index is 2560. The van der Waals surface area contributed by atoms with E-state index in [-0.39, 0.29) is 5.41 Å². The maximum atomic E-state index is 2.42. The predicted octanol–water partition coefficient (Wildman–Crippen LogP) is 13.5. The zero-order valence-electron chi connectivity index (χ0n) is 27.8. The molecule has 1 aliphatic carbocycles. The highest BCUT2D eigenvalue weighted by Gasteiger charge is 2.35. The topological polar surface area (TPSA) is 0 Å². The van der Waals surface area contributed by atoms with Gasteiger partial charge < -0.3 is 0 Å². The third kappa shape index (κ3) is 5.27. The SMILES string of the molecule is CC1(C)c2cc(-c3ccc(/C=C/c4ccc5ccccc5c4)cc3)ccc2-c2ccc(-c3cccc(-c4ccc5ccccc5c4)c3)cc21. The molecule has 232 valence electrons. The quantitative estimate of drug-likeness (QED) is 0.167. The van der Waals surface area contributed by atoms with Crippen molar-refractivity contribution in [2.45, 2.75) is 19.3 Å². The van der Waals surface area contributed by atoms with Crippen LogP contribution in [-0.4, -0.2) is 0 Å². The highest BCUT2D eigenvalue weighted by Crippen LogP contribution is 2.50. The Kier molecular flexibility index (Phi) is 6.92. The van der Waals surface area contributed by atoms with Gasteiger partial charge in [-0.1, -0.05) is 166 Å². The fraction of sp³-hybridized carbons (Fsp3) is 0.0612. The van der Waals surface area contributed by atoms with Crippen molar-refractivity contribution in [3.8, 4) is 44.5 Å². The smallest absolute Gasteiger partial charge is 0.0159 e. The lowest BCUT2D eigenvalue weighted by Crippen LogP contribution is -2.15. The van der Waals surface area contributed by atoms with E-state index in [0.29, 0.717) is 0 Å². The molecule has 0 aromatic heterocycles. The first-order chi connectivity index (χ1) is 24.0. The molecule has 8 aromatic carbocycles.